The predicted octanol–water partition coefficient (Wildman–Crippen LogP) is 0.293. The van der Waals surface area contributed by atoms with E-state index in [9.17, 15) is 9.59 Å². The lowest BCUT2D eigenvalue weighted by Crippen LogP contribution is -2.59. The summed E-state index contributed by atoms with van der Waals surface area (Å²) in [6, 6.07) is 0.873. The van der Waals surface area contributed by atoms with E-state index >= 15 is 0 Å². The molecule has 19 heavy (non-hydrogen) atoms. The van der Waals surface area contributed by atoms with Gasteiger partial charge in [0.05, 0.1) is 6.42 Å². The Morgan fingerprint density at radius 3 is 2.16 bits per heavy atom. The number of amides is 2. The summed E-state index contributed by atoms with van der Waals surface area (Å²) in [4.78, 5) is 28.9. The number of aliphatic carboxylic acids is 1. The highest BCUT2D eigenvalue weighted by Gasteiger charge is 2.37. The normalized spacial score (nSPS) is 25.3. The first kappa shape index (κ1) is 12.7. The Morgan fingerprint density at radius 1 is 1.00 bits per heavy atom. The Morgan fingerprint density at radius 2 is 1.63 bits per heavy atom. The lowest BCUT2D eigenvalue weighted by Gasteiger charge is -2.43. The van der Waals surface area contributed by atoms with Crippen LogP contribution in [-0.2, 0) is 4.79 Å². The van der Waals surface area contributed by atoms with Gasteiger partial charge in [-0.25, -0.2) is 4.79 Å². The van der Waals surface area contributed by atoms with Gasteiger partial charge in [0.1, 0.15) is 0 Å². The fraction of sp³-hybridized carbons (Fsp3) is 0.846. The number of nitrogens with zero attached hydrogens (tertiary/aromatic N) is 3. The van der Waals surface area contributed by atoms with Crippen molar-refractivity contribution in [3.05, 3.63) is 0 Å². The van der Waals surface area contributed by atoms with Crippen LogP contribution >= 0.6 is 0 Å². The summed E-state index contributed by atoms with van der Waals surface area (Å²) in [7, 11) is 0. The van der Waals surface area contributed by atoms with E-state index in [0.29, 0.717) is 13.1 Å². The molecule has 6 heteroatoms. The van der Waals surface area contributed by atoms with E-state index in [4.69, 9.17) is 5.11 Å². The molecule has 1 N–H and O–H groups in total. The fourth-order valence-corrected chi connectivity index (χ4v) is 3.02. The van der Waals surface area contributed by atoms with Crippen molar-refractivity contribution in [1.29, 1.82) is 0 Å². The third-order valence-electron chi connectivity index (χ3n) is 4.34. The molecule has 2 aliphatic heterocycles. The molecular formula is C13H21N3O3. The van der Waals surface area contributed by atoms with Crippen LogP contribution < -0.4 is 0 Å². The van der Waals surface area contributed by atoms with Crippen LogP contribution in [0.4, 0.5) is 4.79 Å². The number of rotatable bonds is 3. The zero-order valence-corrected chi connectivity index (χ0v) is 11.1. The maximum Gasteiger partial charge on any atom is 0.320 e. The van der Waals surface area contributed by atoms with Crippen LogP contribution in [0, 0.1) is 5.92 Å². The van der Waals surface area contributed by atoms with Gasteiger partial charge in [0.15, 0.2) is 0 Å². The van der Waals surface area contributed by atoms with Crippen molar-refractivity contribution in [2.75, 3.05) is 39.3 Å². The van der Waals surface area contributed by atoms with E-state index in [1.807, 2.05) is 4.90 Å². The molecule has 2 saturated heterocycles. The van der Waals surface area contributed by atoms with Gasteiger partial charge in [0.2, 0.25) is 0 Å². The van der Waals surface area contributed by atoms with E-state index < -0.39 is 5.97 Å². The van der Waals surface area contributed by atoms with Crippen molar-refractivity contribution in [3.63, 3.8) is 0 Å². The largest absolute Gasteiger partial charge is 0.481 e. The summed E-state index contributed by atoms with van der Waals surface area (Å²) in [5, 5.41) is 8.69. The molecule has 0 aromatic heterocycles. The number of urea groups is 1. The second-order valence-electron chi connectivity index (χ2n) is 5.91. The predicted molar refractivity (Wildman–Crippen MR) is 68.9 cm³/mol. The molecule has 3 rings (SSSR count). The Hall–Kier alpha value is -1.30. The number of carboxylic acid groups (broad SMARTS) is 1. The Kier molecular flexibility index (Phi) is 3.35. The number of likely N-dealkylation sites (tertiary alicyclic amines) is 1. The maximum atomic E-state index is 12.2. The van der Waals surface area contributed by atoms with Crippen LogP contribution in [-0.4, -0.2) is 77.1 Å². The lowest BCUT2D eigenvalue weighted by atomic mass is 9.97. The van der Waals surface area contributed by atoms with Crippen LogP contribution in [0.25, 0.3) is 0 Å². The van der Waals surface area contributed by atoms with Crippen molar-refractivity contribution in [1.82, 2.24) is 14.7 Å². The van der Waals surface area contributed by atoms with E-state index in [1.54, 1.807) is 4.90 Å². The van der Waals surface area contributed by atoms with Gasteiger partial charge in [-0.2, -0.15) is 0 Å². The van der Waals surface area contributed by atoms with Crippen molar-refractivity contribution in [3.8, 4) is 0 Å². The Balaban J connectivity index is 1.41. The molecule has 0 atom stereocenters. The van der Waals surface area contributed by atoms with Crippen LogP contribution in [0.15, 0.2) is 0 Å². The molecule has 1 aliphatic carbocycles. The summed E-state index contributed by atoms with van der Waals surface area (Å²) < 4.78 is 0. The van der Waals surface area contributed by atoms with Crippen LogP contribution in [0.5, 0.6) is 0 Å². The number of carboxylic acids is 1. The van der Waals surface area contributed by atoms with Gasteiger partial charge >= 0.3 is 12.0 Å². The number of hydrogen-bond acceptors (Lipinski definition) is 3. The number of hydrogen-bond donors (Lipinski definition) is 1. The molecule has 2 heterocycles. The molecule has 6 nitrogen and oxygen atoms in total. The molecule has 2 amide bonds. The highest BCUT2D eigenvalue weighted by Crippen LogP contribution is 2.28. The highest BCUT2D eigenvalue weighted by molar-refractivity contribution is 5.76. The molecule has 0 unspecified atom stereocenters. The SMILES string of the molecule is O=C(O)CC1CN(C(=O)N2CCN(C3CC3)CC2)C1. The van der Waals surface area contributed by atoms with Crippen molar-refractivity contribution >= 4 is 12.0 Å². The average Bonchev–Trinajstić information content (AvgIpc) is 3.16. The first-order valence-corrected chi connectivity index (χ1v) is 7.13. The van der Waals surface area contributed by atoms with Gasteiger partial charge in [-0.05, 0) is 12.8 Å². The molecule has 3 fully saturated rings. The van der Waals surface area contributed by atoms with Crippen molar-refractivity contribution < 1.29 is 14.7 Å². The number of carbonyl (C=O) groups excluding carboxylic acids is 1. The van der Waals surface area contributed by atoms with E-state index in [2.05, 4.69) is 4.90 Å². The molecule has 1 saturated carbocycles. The van der Waals surface area contributed by atoms with E-state index in [1.165, 1.54) is 12.8 Å². The summed E-state index contributed by atoms with van der Waals surface area (Å²) in [5.74, 6) is -0.621. The highest BCUT2D eigenvalue weighted by atomic mass is 16.4. The number of piperazine rings is 1. The van der Waals surface area contributed by atoms with Gasteiger partial charge < -0.3 is 14.9 Å². The van der Waals surface area contributed by atoms with Gasteiger partial charge in [-0.1, -0.05) is 0 Å². The third kappa shape index (κ3) is 2.83. The smallest absolute Gasteiger partial charge is 0.320 e. The maximum absolute atomic E-state index is 12.2. The van der Waals surface area contributed by atoms with E-state index in [-0.39, 0.29) is 18.4 Å². The minimum Gasteiger partial charge on any atom is -0.481 e. The molecule has 0 aromatic carbocycles. The zero-order chi connectivity index (χ0) is 13.4. The molecule has 106 valence electrons. The zero-order valence-electron chi connectivity index (χ0n) is 11.1. The summed E-state index contributed by atoms with van der Waals surface area (Å²) in [5.41, 5.74) is 0. The minimum absolute atomic E-state index is 0.0945. The summed E-state index contributed by atoms with van der Waals surface area (Å²) >= 11 is 0. The molecule has 3 aliphatic rings. The molecular weight excluding hydrogens is 246 g/mol. The van der Waals surface area contributed by atoms with Crippen LogP contribution in [0.2, 0.25) is 0 Å². The number of carbonyl (C=O) groups is 2. The van der Waals surface area contributed by atoms with Gasteiger partial charge in [0, 0.05) is 51.2 Å². The summed E-state index contributed by atoms with van der Waals surface area (Å²) in [6.07, 6.45) is 2.81. The lowest BCUT2D eigenvalue weighted by molar-refractivity contribution is -0.139. The molecule has 0 aromatic rings. The Labute approximate surface area is 112 Å². The van der Waals surface area contributed by atoms with Crippen molar-refractivity contribution in [2.24, 2.45) is 5.92 Å². The second kappa shape index (κ2) is 5.00. The fourth-order valence-electron chi connectivity index (χ4n) is 3.02. The average molecular weight is 267 g/mol. The second-order valence-corrected chi connectivity index (χ2v) is 5.91. The molecule has 0 radical (unpaired) electrons. The Bertz CT molecular complexity index is 369. The van der Waals surface area contributed by atoms with Crippen molar-refractivity contribution in [2.45, 2.75) is 25.3 Å². The van der Waals surface area contributed by atoms with Gasteiger partial charge in [-0.15, -0.1) is 0 Å². The third-order valence-corrected chi connectivity index (χ3v) is 4.34. The van der Waals surface area contributed by atoms with Crippen LogP contribution in [0.3, 0.4) is 0 Å². The van der Waals surface area contributed by atoms with Gasteiger partial charge in [-0.3, -0.25) is 9.69 Å². The molecule has 0 spiro atoms. The van der Waals surface area contributed by atoms with Gasteiger partial charge in [0.25, 0.3) is 0 Å². The minimum atomic E-state index is -0.768. The monoisotopic (exact) mass is 267 g/mol. The quantitative estimate of drug-likeness (QED) is 0.798. The first-order valence-electron chi connectivity index (χ1n) is 7.13. The van der Waals surface area contributed by atoms with Crippen LogP contribution in [0.1, 0.15) is 19.3 Å². The first-order chi connectivity index (χ1) is 9.13. The molecule has 0 bridgehead atoms. The van der Waals surface area contributed by atoms with E-state index in [0.717, 1.165) is 32.2 Å². The topological polar surface area (TPSA) is 64.1 Å². The summed E-state index contributed by atoms with van der Waals surface area (Å²) in [6.45, 7) is 4.82. The standard InChI is InChI=1S/C13H21N3O3/c17-12(18)7-10-8-16(9-10)13(19)15-5-3-14(4-6-15)11-1-2-11/h10-11H,1-9H2,(H,17,18).